The predicted molar refractivity (Wildman–Crippen MR) is 70.2 cm³/mol. The Kier molecular flexibility index (Phi) is 4.59. The summed E-state index contributed by atoms with van der Waals surface area (Å²) in [6.45, 7) is 2.92. The maximum atomic E-state index is 11.9. The van der Waals surface area contributed by atoms with Gasteiger partial charge in [-0.05, 0) is 31.5 Å². The van der Waals surface area contributed by atoms with Crippen LogP contribution >= 0.6 is 0 Å². The molecule has 1 N–H and O–H groups in total. The van der Waals surface area contributed by atoms with Crippen molar-refractivity contribution in [1.29, 1.82) is 0 Å². The van der Waals surface area contributed by atoms with Crippen molar-refractivity contribution in [3.63, 3.8) is 0 Å². The Hall–Kier alpha value is -1.55. The van der Waals surface area contributed by atoms with Crippen LogP contribution in [0.5, 0.6) is 0 Å². The fourth-order valence-corrected chi connectivity index (χ4v) is 2.26. The van der Waals surface area contributed by atoms with Gasteiger partial charge in [0.1, 0.15) is 6.61 Å². The number of amides is 1. The average molecular weight is 248 g/mol. The van der Waals surface area contributed by atoms with Gasteiger partial charge in [-0.15, -0.1) is 0 Å². The van der Waals surface area contributed by atoms with Crippen LogP contribution in [0.2, 0.25) is 0 Å². The maximum absolute atomic E-state index is 11.9. The quantitative estimate of drug-likeness (QED) is 0.884. The topological polar surface area (TPSA) is 41.6 Å². The summed E-state index contributed by atoms with van der Waals surface area (Å²) in [7, 11) is 1.94. The van der Waals surface area contributed by atoms with Crippen LogP contribution in [-0.4, -0.2) is 37.7 Å². The first kappa shape index (κ1) is 12.9. The van der Waals surface area contributed by atoms with Crippen LogP contribution in [0.4, 0.5) is 4.79 Å². The molecular formula is C14H20N2O2. The van der Waals surface area contributed by atoms with Crippen molar-refractivity contribution >= 4 is 6.09 Å². The van der Waals surface area contributed by atoms with E-state index in [4.69, 9.17) is 4.74 Å². The van der Waals surface area contributed by atoms with Crippen LogP contribution in [0.15, 0.2) is 30.3 Å². The van der Waals surface area contributed by atoms with Gasteiger partial charge in [-0.1, -0.05) is 30.3 Å². The third-order valence-corrected chi connectivity index (χ3v) is 3.24. The molecule has 1 aliphatic rings. The van der Waals surface area contributed by atoms with Gasteiger partial charge < -0.3 is 15.0 Å². The molecular weight excluding hydrogens is 228 g/mol. The van der Waals surface area contributed by atoms with Gasteiger partial charge in [0.05, 0.1) is 0 Å². The van der Waals surface area contributed by atoms with Crippen LogP contribution in [0.25, 0.3) is 0 Å². The lowest BCUT2D eigenvalue weighted by Crippen LogP contribution is -2.30. The lowest BCUT2D eigenvalue weighted by atomic mass is 10.1. The molecule has 1 aromatic rings. The smallest absolute Gasteiger partial charge is 0.410 e. The number of carbonyl (C=O) groups is 1. The molecule has 2 rings (SSSR count). The number of ether oxygens (including phenoxy) is 1. The molecule has 4 heteroatoms. The summed E-state index contributed by atoms with van der Waals surface area (Å²) in [5, 5.41) is 3.15. The lowest BCUT2D eigenvalue weighted by molar-refractivity contribution is 0.103. The third-order valence-electron chi connectivity index (χ3n) is 3.24. The molecule has 0 bridgehead atoms. The lowest BCUT2D eigenvalue weighted by Gasteiger charge is -2.16. The van der Waals surface area contributed by atoms with Crippen molar-refractivity contribution in [2.24, 2.45) is 5.92 Å². The Balaban J connectivity index is 1.76. The predicted octanol–water partition coefficient (Wildman–Crippen LogP) is 1.86. The Morgan fingerprint density at radius 3 is 2.94 bits per heavy atom. The average Bonchev–Trinajstić information content (AvgIpc) is 2.86. The summed E-state index contributed by atoms with van der Waals surface area (Å²) in [6, 6.07) is 9.76. The molecule has 0 spiro atoms. The van der Waals surface area contributed by atoms with Crippen molar-refractivity contribution < 1.29 is 9.53 Å². The van der Waals surface area contributed by atoms with E-state index in [-0.39, 0.29) is 6.09 Å². The Morgan fingerprint density at radius 2 is 2.22 bits per heavy atom. The van der Waals surface area contributed by atoms with Crippen molar-refractivity contribution in [3.8, 4) is 0 Å². The molecule has 1 unspecified atom stereocenters. The molecule has 0 saturated carbocycles. The molecule has 1 aliphatic heterocycles. The van der Waals surface area contributed by atoms with E-state index in [2.05, 4.69) is 5.32 Å². The molecule has 1 heterocycles. The summed E-state index contributed by atoms with van der Waals surface area (Å²) in [5.41, 5.74) is 1.02. The van der Waals surface area contributed by atoms with Gasteiger partial charge in [0.25, 0.3) is 0 Å². The molecule has 1 fully saturated rings. The zero-order valence-corrected chi connectivity index (χ0v) is 10.8. The number of nitrogens with zero attached hydrogens (tertiary/aromatic N) is 1. The standard InChI is InChI=1S/C14H20N2O2/c1-15-9-13-7-8-16(10-13)14(17)18-11-12-5-3-2-4-6-12/h2-6,13,15H,7-11H2,1H3. The molecule has 98 valence electrons. The minimum absolute atomic E-state index is 0.197. The highest BCUT2D eigenvalue weighted by Crippen LogP contribution is 2.16. The highest BCUT2D eigenvalue weighted by atomic mass is 16.6. The van der Waals surface area contributed by atoms with Gasteiger partial charge in [0.15, 0.2) is 0 Å². The highest BCUT2D eigenvalue weighted by Gasteiger charge is 2.26. The van der Waals surface area contributed by atoms with E-state index in [1.807, 2.05) is 37.4 Å². The summed E-state index contributed by atoms with van der Waals surface area (Å²) in [4.78, 5) is 13.6. The molecule has 1 saturated heterocycles. The summed E-state index contributed by atoms with van der Waals surface area (Å²) in [5.74, 6) is 0.555. The highest BCUT2D eigenvalue weighted by molar-refractivity contribution is 5.68. The van der Waals surface area contributed by atoms with Crippen LogP contribution in [-0.2, 0) is 11.3 Å². The van der Waals surface area contributed by atoms with Gasteiger partial charge in [0.2, 0.25) is 0 Å². The fraction of sp³-hybridized carbons (Fsp3) is 0.500. The monoisotopic (exact) mass is 248 g/mol. The van der Waals surface area contributed by atoms with Gasteiger partial charge in [-0.25, -0.2) is 4.79 Å². The van der Waals surface area contributed by atoms with E-state index < -0.39 is 0 Å². The maximum Gasteiger partial charge on any atom is 0.410 e. The SMILES string of the molecule is CNCC1CCN(C(=O)OCc2ccccc2)C1. The number of nitrogens with one attached hydrogen (secondary N) is 1. The number of hydrogen-bond donors (Lipinski definition) is 1. The van der Waals surface area contributed by atoms with Gasteiger partial charge in [0, 0.05) is 13.1 Å². The summed E-state index contributed by atoms with van der Waals surface area (Å²) < 4.78 is 5.31. The molecule has 1 aromatic carbocycles. The second-order valence-corrected chi connectivity index (χ2v) is 4.70. The summed E-state index contributed by atoms with van der Waals surface area (Å²) >= 11 is 0. The van der Waals surface area contributed by atoms with E-state index in [0.29, 0.717) is 12.5 Å². The number of hydrogen-bond acceptors (Lipinski definition) is 3. The molecule has 1 amide bonds. The zero-order chi connectivity index (χ0) is 12.8. The normalized spacial score (nSPS) is 18.9. The zero-order valence-electron chi connectivity index (χ0n) is 10.8. The minimum atomic E-state index is -0.197. The number of rotatable bonds is 4. The molecule has 4 nitrogen and oxygen atoms in total. The van der Waals surface area contributed by atoms with Crippen LogP contribution in [0.3, 0.4) is 0 Å². The number of carbonyl (C=O) groups excluding carboxylic acids is 1. The Bertz CT molecular complexity index is 381. The first-order valence-corrected chi connectivity index (χ1v) is 6.40. The number of benzene rings is 1. The van der Waals surface area contributed by atoms with Crippen LogP contribution < -0.4 is 5.32 Å². The van der Waals surface area contributed by atoms with Gasteiger partial charge in [-0.3, -0.25) is 0 Å². The van der Waals surface area contributed by atoms with E-state index in [0.717, 1.165) is 31.6 Å². The molecule has 0 aromatic heterocycles. The molecule has 1 atom stereocenters. The minimum Gasteiger partial charge on any atom is -0.445 e. The molecule has 0 aliphatic carbocycles. The van der Waals surface area contributed by atoms with Crippen LogP contribution in [0.1, 0.15) is 12.0 Å². The van der Waals surface area contributed by atoms with Crippen LogP contribution in [0, 0.1) is 5.92 Å². The van der Waals surface area contributed by atoms with Crippen molar-refractivity contribution in [3.05, 3.63) is 35.9 Å². The van der Waals surface area contributed by atoms with E-state index >= 15 is 0 Å². The van der Waals surface area contributed by atoms with Gasteiger partial charge >= 0.3 is 6.09 Å². The molecule has 0 radical (unpaired) electrons. The van der Waals surface area contributed by atoms with Crippen molar-refractivity contribution in [2.45, 2.75) is 13.0 Å². The van der Waals surface area contributed by atoms with Gasteiger partial charge in [-0.2, -0.15) is 0 Å². The molecule has 18 heavy (non-hydrogen) atoms. The fourth-order valence-electron chi connectivity index (χ4n) is 2.26. The Labute approximate surface area is 108 Å². The van der Waals surface area contributed by atoms with Crippen molar-refractivity contribution in [2.75, 3.05) is 26.7 Å². The van der Waals surface area contributed by atoms with E-state index in [1.165, 1.54) is 0 Å². The van der Waals surface area contributed by atoms with E-state index in [1.54, 1.807) is 4.90 Å². The Morgan fingerprint density at radius 1 is 1.44 bits per heavy atom. The second kappa shape index (κ2) is 6.40. The first-order valence-electron chi connectivity index (χ1n) is 6.40. The second-order valence-electron chi connectivity index (χ2n) is 4.70. The van der Waals surface area contributed by atoms with E-state index in [9.17, 15) is 4.79 Å². The largest absolute Gasteiger partial charge is 0.445 e. The van der Waals surface area contributed by atoms with Crippen molar-refractivity contribution in [1.82, 2.24) is 10.2 Å². The summed E-state index contributed by atoms with van der Waals surface area (Å²) in [6.07, 6.45) is 0.860. The third kappa shape index (κ3) is 3.47. The first-order chi connectivity index (χ1) is 8.79. The number of likely N-dealkylation sites (tertiary alicyclic amines) is 1.